The second-order valence-corrected chi connectivity index (χ2v) is 7.95. The fourth-order valence-corrected chi connectivity index (χ4v) is 2.80. The monoisotopic (exact) mass is 362 g/mol. The Hall–Kier alpha value is -2.31. The van der Waals surface area contributed by atoms with Gasteiger partial charge in [-0.25, -0.2) is 9.78 Å². The largest absolute Gasteiger partial charge is 0.444 e. The van der Waals surface area contributed by atoms with Gasteiger partial charge in [-0.2, -0.15) is 0 Å². The van der Waals surface area contributed by atoms with Crippen LogP contribution in [-0.2, 0) is 9.53 Å². The Balaban J connectivity index is 1.97. The SMILES string of the molecule is CC(C)C(NC(=O)OC(C)(C)C)C(=O)Nc1ccc(N2CCCC2)cn1. The van der Waals surface area contributed by atoms with Crippen LogP contribution in [0.2, 0.25) is 0 Å². The lowest BCUT2D eigenvalue weighted by molar-refractivity contribution is -0.119. The van der Waals surface area contributed by atoms with Crippen molar-refractivity contribution in [2.45, 2.75) is 59.1 Å². The summed E-state index contributed by atoms with van der Waals surface area (Å²) in [5.41, 5.74) is 0.447. The molecule has 2 N–H and O–H groups in total. The molecule has 144 valence electrons. The van der Waals surface area contributed by atoms with Crippen molar-refractivity contribution in [3.05, 3.63) is 18.3 Å². The Morgan fingerprint density at radius 3 is 2.35 bits per heavy atom. The highest BCUT2D eigenvalue weighted by molar-refractivity contribution is 5.96. The Morgan fingerprint density at radius 1 is 1.19 bits per heavy atom. The maximum Gasteiger partial charge on any atom is 0.408 e. The van der Waals surface area contributed by atoms with Crippen molar-refractivity contribution in [1.82, 2.24) is 10.3 Å². The van der Waals surface area contributed by atoms with Gasteiger partial charge in [-0.05, 0) is 51.7 Å². The number of ether oxygens (including phenoxy) is 1. The molecule has 0 saturated carbocycles. The quantitative estimate of drug-likeness (QED) is 0.840. The number of anilines is 2. The molecule has 1 fully saturated rings. The zero-order valence-corrected chi connectivity index (χ0v) is 16.3. The molecular weight excluding hydrogens is 332 g/mol. The van der Waals surface area contributed by atoms with Gasteiger partial charge < -0.3 is 20.3 Å². The number of pyridine rings is 1. The number of aromatic nitrogens is 1. The topological polar surface area (TPSA) is 83.6 Å². The molecule has 1 saturated heterocycles. The summed E-state index contributed by atoms with van der Waals surface area (Å²) in [4.78, 5) is 31.2. The van der Waals surface area contributed by atoms with Crippen molar-refractivity contribution in [2.24, 2.45) is 5.92 Å². The standard InChI is InChI=1S/C19H30N4O3/c1-13(2)16(22-18(25)26-19(3,4)5)17(24)21-15-9-8-14(12-20-15)23-10-6-7-11-23/h8-9,12-13,16H,6-7,10-11H2,1-5H3,(H,22,25)(H,20,21,24). The molecule has 0 bridgehead atoms. The highest BCUT2D eigenvalue weighted by Gasteiger charge is 2.27. The van der Waals surface area contributed by atoms with E-state index in [1.165, 1.54) is 12.8 Å². The molecule has 7 nitrogen and oxygen atoms in total. The number of alkyl carbamates (subject to hydrolysis) is 1. The Morgan fingerprint density at radius 2 is 1.85 bits per heavy atom. The highest BCUT2D eigenvalue weighted by atomic mass is 16.6. The smallest absolute Gasteiger partial charge is 0.408 e. The summed E-state index contributed by atoms with van der Waals surface area (Å²) in [7, 11) is 0. The highest BCUT2D eigenvalue weighted by Crippen LogP contribution is 2.20. The number of amides is 2. The van der Waals surface area contributed by atoms with Gasteiger partial charge in [-0.3, -0.25) is 4.79 Å². The average Bonchev–Trinajstić information content (AvgIpc) is 3.05. The normalized spacial score (nSPS) is 15.7. The molecule has 2 heterocycles. The van der Waals surface area contributed by atoms with Crippen LogP contribution in [-0.4, -0.2) is 41.7 Å². The number of rotatable bonds is 5. The summed E-state index contributed by atoms with van der Waals surface area (Å²) in [6.07, 6.45) is 3.56. The van der Waals surface area contributed by atoms with Crippen LogP contribution in [0.15, 0.2) is 18.3 Å². The number of carbonyl (C=O) groups excluding carboxylic acids is 2. The molecule has 0 aliphatic carbocycles. The summed E-state index contributed by atoms with van der Waals surface area (Å²) >= 11 is 0. The number of hydrogen-bond acceptors (Lipinski definition) is 5. The lowest BCUT2D eigenvalue weighted by atomic mass is 10.0. The third-order valence-electron chi connectivity index (χ3n) is 4.09. The van der Waals surface area contributed by atoms with Crippen molar-refractivity contribution in [3.63, 3.8) is 0 Å². The Kier molecular flexibility index (Phi) is 6.45. The van der Waals surface area contributed by atoms with Crippen LogP contribution in [0.5, 0.6) is 0 Å². The van der Waals surface area contributed by atoms with E-state index in [-0.39, 0.29) is 11.8 Å². The molecule has 7 heteroatoms. The molecule has 26 heavy (non-hydrogen) atoms. The van der Waals surface area contributed by atoms with E-state index in [9.17, 15) is 9.59 Å². The van der Waals surface area contributed by atoms with Gasteiger partial charge in [0.25, 0.3) is 0 Å². The van der Waals surface area contributed by atoms with Crippen molar-refractivity contribution in [2.75, 3.05) is 23.3 Å². The third kappa shape index (κ3) is 5.89. The molecule has 0 spiro atoms. The second-order valence-electron chi connectivity index (χ2n) is 7.95. The zero-order valence-electron chi connectivity index (χ0n) is 16.3. The summed E-state index contributed by atoms with van der Waals surface area (Å²) in [6.45, 7) is 11.2. The molecule has 1 atom stereocenters. The predicted molar refractivity (Wildman–Crippen MR) is 102 cm³/mol. The molecule has 1 aliphatic rings. The van der Waals surface area contributed by atoms with Gasteiger partial charge in [-0.15, -0.1) is 0 Å². The van der Waals surface area contributed by atoms with E-state index in [0.29, 0.717) is 5.82 Å². The van der Waals surface area contributed by atoms with Gasteiger partial charge in [0.05, 0.1) is 11.9 Å². The van der Waals surface area contributed by atoms with Crippen LogP contribution in [0, 0.1) is 5.92 Å². The predicted octanol–water partition coefficient (Wildman–Crippen LogP) is 3.17. The first kappa shape index (κ1) is 20.0. The molecule has 1 aliphatic heterocycles. The number of nitrogens with zero attached hydrogens (tertiary/aromatic N) is 2. The Labute approximate surface area is 155 Å². The summed E-state index contributed by atoms with van der Waals surface area (Å²) in [5, 5.41) is 5.41. The van der Waals surface area contributed by atoms with E-state index in [4.69, 9.17) is 4.74 Å². The van der Waals surface area contributed by atoms with Gasteiger partial charge in [0, 0.05) is 13.1 Å². The van der Waals surface area contributed by atoms with Crippen LogP contribution in [0.3, 0.4) is 0 Å². The van der Waals surface area contributed by atoms with E-state index in [0.717, 1.165) is 18.8 Å². The van der Waals surface area contributed by atoms with Crippen molar-refractivity contribution in [3.8, 4) is 0 Å². The lowest BCUT2D eigenvalue weighted by Gasteiger charge is -2.25. The van der Waals surface area contributed by atoms with Crippen LogP contribution in [0.1, 0.15) is 47.5 Å². The minimum Gasteiger partial charge on any atom is -0.444 e. The minimum absolute atomic E-state index is 0.0913. The maximum atomic E-state index is 12.6. The van der Waals surface area contributed by atoms with E-state index < -0.39 is 17.7 Å². The molecule has 1 aromatic rings. The Bertz CT molecular complexity index is 617. The van der Waals surface area contributed by atoms with Gasteiger partial charge in [0.1, 0.15) is 17.5 Å². The van der Waals surface area contributed by atoms with Crippen LogP contribution in [0.25, 0.3) is 0 Å². The molecule has 2 rings (SSSR count). The fraction of sp³-hybridized carbons (Fsp3) is 0.632. The van der Waals surface area contributed by atoms with Crippen LogP contribution >= 0.6 is 0 Å². The number of hydrogen-bond donors (Lipinski definition) is 2. The minimum atomic E-state index is -0.704. The first-order valence-electron chi connectivity index (χ1n) is 9.17. The molecule has 1 unspecified atom stereocenters. The average molecular weight is 362 g/mol. The van der Waals surface area contributed by atoms with Crippen molar-refractivity contribution in [1.29, 1.82) is 0 Å². The fourth-order valence-electron chi connectivity index (χ4n) is 2.80. The summed E-state index contributed by atoms with van der Waals surface area (Å²) in [6, 6.07) is 3.04. The molecule has 1 aromatic heterocycles. The van der Waals surface area contributed by atoms with Crippen molar-refractivity contribution >= 4 is 23.5 Å². The number of carbonyl (C=O) groups is 2. The molecule has 0 radical (unpaired) electrons. The van der Waals surface area contributed by atoms with Gasteiger partial charge >= 0.3 is 6.09 Å². The maximum absolute atomic E-state index is 12.6. The van der Waals surface area contributed by atoms with Gasteiger partial charge in [0.2, 0.25) is 5.91 Å². The number of nitrogens with one attached hydrogen (secondary N) is 2. The lowest BCUT2D eigenvalue weighted by Crippen LogP contribution is -2.48. The van der Waals surface area contributed by atoms with Crippen LogP contribution < -0.4 is 15.5 Å². The molecule has 0 aromatic carbocycles. The first-order valence-corrected chi connectivity index (χ1v) is 9.17. The van der Waals surface area contributed by atoms with E-state index >= 15 is 0 Å². The van der Waals surface area contributed by atoms with E-state index in [2.05, 4.69) is 20.5 Å². The molecule has 2 amide bonds. The van der Waals surface area contributed by atoms with Crippen LogP contribution in [0.4, 0.5) is 16.3 Å². The third-order valence-corrected chi connectivity index (χ3v) is 4.09. The first-order chi connectivity index (χ1) is 12.2. The molecular formula is C19H30N4O3. The van der Waals surface area contributed by atoms with E-state index in [1.54, 1.807) is 33.0 Å². The zero-order chi connectivity index (χ0) is 19.3. The van der Waals surface area contributed by atoms with E-state index in [1.807, 2.05) is 19.9 Å². The van der Waals surface area contributed by atoms with Crippen molar-refractivity contribution < 1.29 is 14.3 Å². The van der Waals surface area contributed by atoms with Gasteiger partial charge in [0.15, 0.2) is 0 Å². The summed E-state index contributed by atoms with van der Waals surface area (Å²) < 4.78 is 5.24. The second kappa shape index (κ2) is 8.38. The van der Waals surface area contributed by atoms with Gasteiger partial charge in [-0.1, -0.05) is 13.8 Å². The summed E-state index contributed by atoms with van der Waals surface area (Å²) in [5.74, 6) is 0.0632.